The minimum atomic E-state index is -0.798. The van der Waals surface area contributed by atoms with Gasteiger partial charge >= 0.3 is 17.9 Å². The zero-order chi connectivity index (χ0) is 50.0. The molecule has 0 N–H and O–H groups in total. The van der Waals surface area contributed by atoms with Crippen molar-refractivity contribution in [2.45, 2.75) is 271 Å². The molecule has 0 radical (unpaired) electrons. The highest BCUT2D eigenvalue weighted by molar-refractivity contribution is 5.71. The van der Waals surface area contributed by atoms with Crippen LogP contribution in [0.15, 0.2) is 97.2 Å². The molecule has 0 spiro atoms. The van der Waals surface area contributed by atoms with E-state index in [1.165, 1.54) is 96.3 Å². The summed E-state index contributed by atoms with van der Waals surface area (Å²) >= 11 is 0. The van der Waals surface area contributed by atoms with E-state index >= 15 is 0 Å². The maximum atomic E-state index is 12.9. The van der Waals surface area contributed by atoms with Gasteiger partial charge in [-0.15, -0.1) is 0 Å². The van der Waals surface area contributed by atoms with Gasteiger partial charge in [0.1, 0.15) is 13.2 Å². The van der Waals surface area contributed by atoms with E-state index in [-0.39, 0.29) is 31.1 Å². The van der Waals surface area contributed by atoms with Gasteiger partial charge in [-0.1, -0.05) is 221 Å². The molecule has 0 saturated carbocycles. The smallest absolute Gasteiger partial charge is 0.306 e. The van der Waals surface area contributed by atoms with Gasteiger partial charge in [0.25, 0.3) is 0 Å². The van der Waals surface area contributed by atoms with Crippen LogP contribution in [0.4, 0.5) is 0 Å². The summed E-state index contributed by atoms with van der Waals surface area (Å²) in [5, 5.41) is 0. The molecular formula is C63H106O6. The molecule has 394 valence electrons. The van der Waals surface area contributed by atoms with Crippen molar-refractivity contribution in [3.05, 3.63) is 97.2 Å². The van der Waals surface area contributed by atoms with Gasteiger partial charge in [0.15, 0.2) is 6.10 Å². The summed E-state index contributed by atoms with van der Waals surface area (Å²) in [7, 11) is 0. The van der Waals surface area contributed by atoms with E-state index in [9.17, 15) is 14.4 Å². The lowest BCUT2D eigenvalue weighted by atomic mass is 10.1. The molecule has 0 aromatic rings. The third-order valence-corrected chi connectivity index (χ3v) is 12.0. The van der Waals surface area contributed by atoms with Crippen LogP contribution in [0.25, 0.3) is 0 Å². The normalized spacial score (nSPS) is 12.8. The van der Waals surface area contributed by atoms with Crippen LogP contribution in [0.3, 0.4) is 0 Å². The first-order valence-corrected chi connectivity index (χ1v) is 28.7. The lowest BCUT2D eigenvalue weighted by molar-refractivity contribution is -0.167. The monoisotopic (exact) mass is 959 g/mol. The quantitative estimate of drug-likeness (QED) is 0.0262. The van der Waals surface area contributed by atoms with E-state index in [4.69, 9.17) is 14.2 Å². The van der Waals surface area contributed by atoms with Gasteiger partial charge in [-0.3, -0.25) is 14.4 Å². The van der Waals surface area contributed by atoms with Crippen molar-refractivity contribution in [1.29, 1.82) is 0 Å². The topological polar surface area (TPSA) is 78.9 Å². The Morgan fingerprint density at radius 2 is 0.565 bits per heavy atom. The molecule has 0 saturated heterocycles. The van der Waals surface area contributed by atoms with Crippen molar-refractivity contribution >= 4 is 17.9 Å². The van der Waals surface area contributed by atoms with Crippen LogP contribution in [0.5, 0.6) is 0 Å². The molecule has 0 heterocycles. The fourth-order valence-corrected chi connectivity index (χ4v) is 7.73. The third-order valence-electron chi connectivity index (χ3n) is 12.0. The number of carbonyl (C=O) groups is 3. The van der Waals surface area contributed by atoms with Crippen LogP contribution in [0.2, 0.25) is 0 Å². The molecule has 0 amide bonds. The first kappa shape index (κ1) is 65.3. The van der Waals surface area contributed by atoms with Crippen molar-refractivity contribution < 1.29 is 28.6 Å². The lowest BCUT2D eigenvalue weighted by Gasteiger charge is -2.18. The summed E-state index contributed by atoms with van der Waals surface area (Å²) in [6, 6.07) is 0. The maximum absolute atomic E-state index is 12.9. The largest absolute Gasteiger partial charge is 0.462 e. The molecule has 1 atom stereocenters. The number of allylic oxidation sites excluding steroid dienone is 16. The highest BCUT2D eigenvalue weighted by Crippen LogP contribution is 2.14. The second kappa shape index (κ2) is 56.9. The van der Waals surface area contributed by atoms with Gasteiger partial charge in [-0.05, 0) is 122 Å². The van der Waals surface area contributed by atoms with Gasteiger partial charge in [0.05, 0.1) is 0 Å². The first-order chi connectivity index (χ1) is 34.0. The van der Waals surface area contributed by atoms with Crippen molar-refractivity contribution in [3.8, 4) is 0 Å². The summed E-state index contributed by atoms with van der Waals surface area (Å²) in [5.74, 6) is -0.935. The molecule has 0 bridgehead atoms. The number of carbonyl (C=O) groups excluding carboxylic acids is 3. The Hall–Kier alpha value is -3.67. The van der Waals surface area contributed by atoms with E-state index in [1.807, 2.05) is 0 Å². The summed E-state index contributed by atoms with van der Waals surface area (Å²) in [6.07, 6.45) is 75.3. The second-order valence-corrected chi connectivity index (χ2v) is 18.8. The highest BCUT2D eigenvalue weighted by atomic mass is 16.6. The van der Waals surface area contributed by atoms with Gasteiger partial charge < -0.3 is 14.2 Å². The number of ether oxygens (including phenoxy) is 3. The average molecular weight is 960 g/mol. The molecule has 0 aliphatic heterocycles. The Labute approximate surface area is 426 Å². The number of rotatable bonds is 51. The van der Waals surface area contributed by atoms with E-state index in [0.29, 0.717) is 19.3 Å². The van der Waals surface area contributed by atoms with Crippen LogP contribution < -0.4 is 0 Å². The number of unbranched alkanes of at least 4 members (excludes halogenated alkanes) is 24. The predicted octanol–water partition coefficient (Wildman–Crippen LogP) is 19.3. The minimum Gasteiger partial charge on any atom is -0.462 e. The van der Waals surface area contributed by atoms with Crippen LogP contribution in [-0.2, 0) is 28.6 Å². The highest BCUT2D eigenvalue weighted by Gasteiger charge is 2.19. The van der Waals surface area contributed by atoms with Gasteiger partial charge in [-0.2, -0.15) is 0 Å². The van der Waals surface area contributed by atoms with E-state index in [2.05, 4.69) is 118 Å². The molecule has 69 heavy (non-hydrogen) atoms. The molecule has 0 fully saturated rings. The molecule has 0 aromatic heterocycles. The summed E-state index contributed by atoms with van der Waals surface area (Å²) in [6.45, 7) is 6.45. The molecule has 0 unspecified atom stereocenters. The Balaban J connectivity index is 4.46. The molecule has 0 aliphatic carbocycles. The molecule has 0 rings (SSSR count). The summed E-state index contributed by atoms with van der Waals surface area (Å²) < 4.78 is 16.8. The van der Waals surface area contributed by atoms with Crippen LogP contribution in [0, 0.1) is 0 Å². The Morgan fingerprint density at radius 1 is 0.304 bits per heavy atom. The standard InChI is InChI=1S/C63H106O6/c1-4-7-10-13-16-19-22-25-28-30-31-33-36-39-42-45-48-51-54-57-63(66)69-60(58-67-61(64)55-52-49-46-43-40-37-34-27-24-21-18-15-12-9-6-3)59-68-62(65)56-53-50-47-44-41-38-35-32-29-26-23-20-17-14-11-8-5-2/h9,12,16-21,25-29,34-35,38,60H,4-8,10-11,13-15,22-24,30-33,36-37,39-59H2,1-3H3/b12-9-,19-16-,20-17-,21-18-,28-25-,29-26-,34-27-,38-35-/t60-/m1/s1. The van der Waals surface area contributed by atoms with Crippen molar-refractivity contribution in [1.82, 2.24) is 0 Å². The average Bonchev–Trinajstić information content (AvgIpc) is 3.35. The fraction of sp³-hybridized carbons (Fsp3) is 0.698. The van der Waals surface area contributed by atoms with E-state index in [0.717, 1.165) is 128 Å². The molecule has 0 aromatic carbocycles. The summed E-state index contributed by atoms with van der Waals surface area (Å²) in [5.41, 5.74) is 0. The summed E-state index contributed by atoms with van der Waals surface area (Å²) in [4.78, 5) is 38.2. The zero-order valence-corrected chi connectivity index (χ0v) is 45.0. The third kappa shape index (κ3) is 55.1. The van der Waals surface area contributed by atoms with Gasteiger partial charge in [-0.25, -0.2) is 0 Å². The minimum absolute atomic E-state index is 0.0961. The molecular weight excluding hydrogens is 853 g/mol. The first-order valence-electron chi connectivity index (χ1n) is 28.7. The van der Waals surface area contributed by atoms with Crippen LogP contribution in [0.1, 0.15) is 265 Å². The number of hydrogen-bond acceptors (Lipinski definition) is 6. The Kier molecular flexibility index (Phi) is 53.9. The predicted molar refractivity (Wildman–Crippen MR) is 297 cm³/mol. The maximum Gasteiger partial charge on any atom is 0.306 e. The molecule has 6 nitrogen and oxygen atoms in total. The van der Waals surface area contributed by atoms with Gasteiger partial charge in [0, 0.05) is 19.3 Å². The van der Waals surface area contributed by atoms with E-state index < -0.39 is 6.10 Å². The molecule has 0 aliphatic rings. The van der Waals surface area contributed by atoms with Crippen LogP contribution >= 0.6 is 0 Å². The van der Waals surface area contributed by atoms with Crippen LogP contribution in [-0.4, -0.2) is 37.2 Å². The number of hydrogen-bond donors (Lipinski definition) is 0. The zero-order valence-electron chi connectivity index (χ0n) is 45.0. The Morgan fingerprint density at radius 3 is 0.884 bits per heavy atom. The number of esters is 3. The van der Waals surface area contributed by atoms with Crippen molar-refractivity contribution in [2.75, 3.05) is 13.2 Å². The Bertz CT molecular complexity index is 1380. The fourth-order valence-electron chi connectivity index (χ4n) is 7.73. The lowest BCUT2D eigenvalue weighted by Crippen LogP contribution is -2.30. The van der Waals surface area contributed by atoms with Crippen molar-refractivity contribution in [2.24, 2.45) is 0 Å². The van der Waals surface area contributed by atoms with E-state index in [1.54, 1.807) is 0 Å². The second-order valence-electron chi connectivity index (χ2n) is 18.8. The van der Waals surface area contributed by atoms with Crippen molar-refractivity contribution in [3.63, 3.8) is 0 Å². The van der Waals surface area contributed by atoms with Gasteiger partial charge in [0.2, 0.25) is 0 Å². The SMILES string of the molecule is CC/C=C\C/C=C\C/C=C\CCCCCCCC(=O)OC[C@H](COC(=O)CCCCCC/C=C\C/C=C\C/C=C\CCCCC)OC(=O)CCCCCCCCCCC/C=C\C/C=C\CCCCC. The molecule has 6 heteroatoms.